The number of hydrogen-bond acceptors (Lipinski definition) is 0. The van der Waals surface area contributed by atoms with E-state index in [0.717, 1.165) is 16.7 Å². The normalized spacial score (nSPS) is 11.5. The standard InChI is InChI=1S/C18H11Cl5/c1-2-13-14(19)7-11(8-15(13)20)5-3-4-6-12-9-16(21)18(23)17(22)10-12/h2-10H,1H2/b5-3+,6-4+. The molecule has 2 rings (SSSR count). The van der Waals surface area contributed by atoms with Crippen LogP contribution in [0.3, 0.4) is 0 Å². The summed E-state index contributed by atoms with van der Waals surface area (Å²) in [6, 6.07) is 7.13. The van der Waals surface area contributed by atoms with Crippen LogP contribution in [-0.4, -0.2) is 0 Å². The molecule has 0 saturated carbocycles. The van der Waals surface area contributed by atoms with E-state index in [1.54, 1.807) is 18.2 Å². The van der Waals surface area contributed by atoms with Gasteiger partial charge in [-0.15, -0.1) is 0 Å². The second kappa shape index (κ2) is 8.28. The van der Waals surface area contributed by atoms with Gasteiger partial charge in [0, 0.05) is 15.6 Å². The average molecular weight is 405 g/mol. The van der Waals surface area contributed by atoms with E-state index in [0.29, 0.717) is 25.1 Å². The Bertz CT molecular complexity index is 757. The van der Waals surface area contributed by atoms with Crippen LogP contribution in [0, 0.1) is 0 Å². The van der Waals surface area contributed by atoms with Gasteiger partial charge < -0.3 is 0 Å². The smallest absolute Gasteiger partial charge is 0.0778 e. The van der Waals surface area contributed by atoms with Crippen LogP contribution in [-0.2, 0) is 0 Å². The molecule has 0 unspecified atom stereocenters. The van der Waals surface area contributed by atoms with Crippen molar-refractivity contribution in [1.82, 2.24) is 0 Å². The molecule has 0 bridgehead atoms. The molecule has 0 aromatic heterocycles. The Morgan fingerprint density at radius 1 is 0.652 bits per heavy atom. The maximum Gasteiger partial charge on any atom is 0.0778 e. The van der Waals surface area contributed by atoms with Crippen LogP contribution in [0.25, 0.3) is 18.2 Å². The van der Waals surface area contributed by atoms with Gasteiger partial charge in [-0.05, 0) is 35.4 Å². The van der Waals surface area contributed by atoms with Crippen molar-refractivity contribution in [3.8, 4) is 0 Å². The van der Waals surface area contributed by atoms with Crippen LogP contribution in [0.1, 0.15) is 16.7 Å². The molecular formula is C18H11Cl5. The quantitative estimate of drug-likeness (QED) is 0.355. The first-order valence-corrected chi connectivity index (χ1v) is 8.42. The topological polar surface area (TPSA) is 0 Å². The predicted molar refractivity (Wildman–Crippen MR) is 106 cm³/mol. The summed E-state index contributed by atoms with van der Waals surface area (Å²) in [7, 11) is 0. The summed E-state index contributed by atoms with van der Waals surface area (Å²) in [5.74, 6) is 0. The molecule has 0 amide bonds. The zero-order valence-electron chi connectivity index (χ0n) is 11.8. The molecule has 0 N–H and O–H groups in total. The fourth-order valence-electron chi connectivity index (χ4n) is 1.90. The highest BCUT2D eigenvalue weighted by atomic mass is 35.5. The minimum atomic E-state index is 0.354. The summed E-state index contributed by atoms with van der Waals surface area (Å²) in [6.07, 6.45) is 9.11. The summed E-state index contributed by atoms with van der Waals surface area (Å²) in [5.41, 5.74) is 2.47. The number of halogens is 5. The van der Waals surface area contributed by atoms with Crippen molar-refractivity contribution >= 4 is 76.2 Å². The summed E-state index contributed by atoms with van der Waals surface area (Å²) in [5, 5.41) is 2.31. The number of allylic oxidation sites excluding steroid dienone is 2. The zero-order valence-corrected chi connectivity index (χ0v) is 15.6. The Labute approximate surface area is 160 Å². The lowest BCUT2D eigenvalue weighted by molar-refractivity contribution is 1.62. The Balaban J connectivity index is 2.17. The lowest BCUT2D eigenvalue weighted by Gasteiger charge is -2.03. The van der Waals surface area contributed by atoms with Crippen LogP contribution in [0.4, 0.5) is 0 Å². The Kier molecular flexibility index (Phi) is 6.64. The molecule has 0 heterocycles. The van der Waals surface area contributed by atoms with Crippen LogP contribution in [0.5, 0.6) is 0 Å². The number of rotatable bonds is 4. The van der Waals surface area contributed by atoms with Crippen molar-refractivity contribution in [3.63, 3.8) is 0 Å². The fourth-order valence-corrected chi connectivity index (χ4v) is 3.17. The summed E-state index contributed by atoms with van der Waals surface area (Å²) in [6.45, 7) is 3.68. The number of hydrogen-bond donors (Lipinski definition) is 0. The zero-order chi connectivity index (χ0) is 17.0. The van der Waals surface area contributed by atoms with Crippen LogP contribution in [0.15, 0.2) is 43.0 Å². The lowest BCUT2D eigenvalue weighted by atomic mass is 10.1. The fraction of sp³-hybridized carbons (Fsp3) is 0. The first-order valence-electron chi connectivity index (χ1n) is 6.53. The lowest BCUT2D eigenvalue weighted by Crippen LogP contribution is -1.80. The van der Waals surface area contributed by atoms with Gasteiger partial charge >= 0.3 is 0 Å². The molecule has 0 atom stereocenters. The van der Waals surface area contributed by atoms with Crippen molar-refractivity contribution in [2.75, 3.05) is 0 Å². The Hall–Kier alpha value is -0.890. The average Bonchev–Trinajstić information content (AvgIpc) is 2.49. The van der Waals surface area contributed by atoms with Crippen molar-refractivity contribution in [1.29, 1.82) is 0 Å². The maximum atomic E-state index is 6.14. The van der Waals surface area contributed by atoms with Gasteiger partial charge in [-0.25, -0.2) is 0 Å². The molecule has 0 saturated heterocycles. The highest BCUT2D eigenvalue weighted by Crippen LogP contribution is 2.31. The number of benzene rings is 2. The van der Waals surface area contributed by atoms with Gasteiger partial charge in [-0.2, -0.15) is 0 Å². The van der Waals surface area contributed by atoms with E-state index in [-0.39, 0.29) is 0 Å². The monoisotopic (exact) mass is 402 g/mol. The third-order valence-corrected chi connectivity index (χ3v) is 4.82. The molecule has 0 nitrogen and oxygen atoms in total. The largest absolute Gasteiger partial charge is 0.0984 e. The van der Waals surface area contributed by atoms with E-state index in [1.165, 1.54) is 0 Å². The molecule has 2 aromatic carbocycles. The van der Waals surface area contributed by atoms with Gasteiger partial charge in [-0.1, -0.05) is 95.0 Å². The first-order chi connectivity index (χ1) is 10.9. The van der Waals surface area contributed by atoms with Crippen LogP contribution in [0.2, 0.25) is 25.1 Å². The second-order valence-corrected chi connectivity index (χ2v) is 6.63. The SMILES string of the molecule is C=Cc1c(Cl)cc(/C=C/C=C/c2cc(Cl)c(Cl)c(Cl)c2)cc1Cl. The van der Waals surface area contributed by atoms with E-state index >= 15 is 0 Å². The van der Waals surface area contributed by atoms with E-state index in [4.69, 9.17) is 58.0 Å². The van der Waals surface area contributed by atoms with Gasteiger partial charge in [0.05, 0.1) is 15.1 Å². The molecule has 0 radical (unpaired) electrons. The van der Waals surface area contributed by atoms with E-state index in [9.17, 15) is 0 Å². The van der Waals surface area contributed by atoms with Gasteiger partial charge in [0.15, 0.2) is 0 Å². The minimum Gasteiger partial charge on any atom is -0.0984 e. The van der Waals surface area contributed by atoms with E-state index in [2.05, 4.69) is 6.58 Å². The first kappa shape index (κ1) is 18.4. The van der Waals surface area contributed by atoms with Crippen molar-refractivity contribution in [3.05, 3.63) is 84.8 Å². The van der Waals surface area contributed by atoms with Crippen LogP contribution < -0.4 is 0 Å². The third-order valence-electron chi connectivity index (χ3n) is 3.00. The van der Waals surface area contributed by atoms with Gasteiger partial charge in [0.25, 0.3) is 0 Å². The van der Waals surface area contributed by atoms with Crippen molar-refractivity contribution in [2.45, 2.75) is 0 Å². The maximum absolute atomic E-state index is 6.14. The Morgan fingerprint density at radius 2 is 1.04 bits per heavy atom. The molecule has 0 aliphatic rings. The molecular weight excluding hydrogens is 393 g/mol. The molecule has 118 valence electrons. The highest BCUT2D eigenvalue weighted by Gasteiger charge is 2.04. The molecule has 0 fully saturated rings. The minimum absolute atomic E-state index is 0.354. The van der Waals surface area contributed by atoms with Crippen molar-refractivity contribution < 1.29 is 0 Å². The van der Waals surface area contributed by atoms with Crippen molar-refractivity contribution in [2.24, 2.45) is 0 Å². The van der Waals surface area contributed by atoms with E-state index in [1.807, 2.05) is 36.4 Å². The second-order valence-electron chi connectivity index (χ2n) is 4.62. The molecule has 0 aliphatic carbocycles. The molecule has 2 aromatic rings. The summed E-state index contributed by atoms with van der Waals surface area (Å²) >= 11 is 30.2. The molecule has 0 spiro atoms. The predicted octanol–water partition coefficient (Wildman–Crippen LogP) is 8.32. The summed E-state index contributed by atoms with van der Waals surface area (Å²) < 4.78 is 0. The Morgan fingerprint density at radius 3 is 1.43 bits per heavy atom. The van der Waals surface area contributed by atoms with E-state index < -0.39 is 0 Å². The molecule has 5 heteroatoms. The molecule has 23 heavy (non-hydrogen) atoms. The van der Waals surface area contributed by atoms with Gasteiger partial charge in [0.2, 0.25) is 0 Å². The van der Waals surface area contributed by atoms with Crippen LogP contribution >= 0.6 is 58.0 Å². The molecule has 0 aliphatic heterocycles. The summed E-state index contributed by atoms with van der Waals surface area (Å²) in [4.78, 5) is 0. The third kappa shape index (κ3) is 4.79. The van der Waals surface area contributed by atoms with Gasteiger partial charge in [-0.3, -0.25) is 0 Å². The highest BCUT2D eigenvalue weighted by molar-refractivity contribution is 6.48. The van der Waals surface area contributed by atoms with Gasteiger partial charge in [0.1, 0.15) is 0 Å².